The van der Waals surface area contributed by atoms with Crippen LogP contribution in [0.1, 0.15) is 77.0 Å². The Morgan fingerprint density at radius 3 is 2.39 bits per heavy atom. The van der Waals surface area contributed by atoms with Crippen LogP contribution in [0.15, 0.2) is 18.2 Å². The van der Waals surface area contributed by atoms with E-state index in [0.717, 1.165) is 11.6 Å². The number of benzene rings is 1. The second-order valence-electron chi connectivity index (χ2n) is 9.03. The van der Waals surface area contributed by atoms with E-state index in [2.05, 4.69) is 21.7 Å². The lowest BCUT2D eigenvalue weighted by molar-refractivity contribution is 0.0250. The summed E-state index contributed by atoms with van der Waals surface area (Å²) in [7, 11) is 3.64. The first kappa shape index (κ1) is 19.3. The van der Waals surface area contributed by atoms with Crippen molar-refractivity contribution in [3.63, 3.8) is 0 Å². The van der Waals surface area contributed by atoms with Gasteiger partial charge in [0.1, 0.15) is 17.3 Å². The minimum Gasteiger partial charge on any atom is -0.507 e. The number of nitrogens with zero attached hydrogens (tertiary/aromatic N) is 3. The molecule has 28 heavy (non-hydrogen) atoms. The smallest absolute Gasteiger partial charge is 0.167 e. The zero-order chi connectivity index (χ0) is 19.8. The number of hydrogen-bond acceptors (Lipinski definition) is 4. The van der Waals surface area contributed by atoms with Crippen molar-refractivity contribution in [2.45, 2.75) is 76.5 Å². The van der Waals surface area contributed by atoms with Crippen molar-refractivity contribution in [1.82, 2.24) is 14.8 Å². The number of hydrogen-bond donors (Lipinski definition) is 1. The molecule has 1 aromatic carbocycles. The fraction of sp³-hybridized carbons (Fsp3) is 0.652. The van der Waals surface area contributed by atoms with Gasteiger partial charge in [0.05, 0.1) is 12.7 Å². The van der Waals surface area contributed by atoms with Crippen LogP contribution < -0.4 is 4.74 Å². The van der Waals surface area contributed by atoms with Crippen LogP contribution in [-0.4, -0.2) is 27.0 Å². The van der Waals surface area contributed by atoms with Crippen LogP contribution in [0.3, 0.4) is 0 Å². The van der Waals surface area contributed by atoms with E-state index in [1.54, 1.807) is 13.2 Å². The fourth-order valence-corrected chi connectivity index (χ4v) is 5.58. The molecular formula is C23H33N3O2. The van der Waals surface area contributed by atoms with E-state index in [-0.39, 0.29) is 11.2 Å². The van der Waals surface area contributed by atoms with Gasteiger partial charge in [-0.2, -0.15) is 0 Å². The van der Waals surface area contributed by atoms with Crippen molar-refractivity contribution in [3.8, 4) is 22.9 Å². The molecule has 5 nitrogen and oxygen atoms in total. The Balaban J connectivity index is 1.56. The van der Waals surface area contributed by atoms with Gasteiger partial charge in [-0.1, -0.05) is 26.2 Å². The number of unbranched alkanes of at least 4 members (excludes halogenated alkanes) is 2. The Labute approximate surface area is 168 Å². The molecule has 3 fully saturated rings. The molecule has 0 radical (unpaired) electrons. The summed E-state index contributed by atoms with van der Waals surface area (Å²) < 4.78 is 7.30. The minimum atomic E-state index is 0.161. The van der Waals surface area contributed by atoms with Crippen molar-refractivity contribution in [2.75, 3.05) is 7.11 Å². The van der Waals surface area contributed by atoms with Gasteiger partial charge in [0.2, 0.25) is 0 Å². The fourth-order valence-electron chi connectivity index (χ4n) is 5.58. The first-order valence-electron chi connectivity index (χ1n) is 10.8. The zero-order valence-electron chi connectivity index (χ0n) is 17.5. The predicted octanol–water partition coefficient (Wildman–Crippen LogP) is 5.37. The van der Waals surface area contributed by atoms with Crippen LogP contribution in [0, 0.1) is 5.41 Å². The predicted molar refractivity (Wildman–Crippen MR) is 111 cm³/mol. The molecule has 0 atom stereocenters. The molecule has 1 heterocycles. The van der Waals surface area contributed by atoms with Gasteiger partial charge in [0.25, 0.3) is 0 Å². The van der Waals surface area contributed by atoms with Crippen LogP contribution in [0.5, 0.6) is 11.5 Å². The average molecular weight is 384 g/mol. The van der Waals surface area contributed by atoms with Gasteiger partial charge in [-0.15, -0.1) is 10.2 Å². The lowest BCUT2D eigenvalue weighted by Crippen LogP contribution is -2.45. The van der Waals surface area contributed by atoms with Crippen molar-refractivity contribution >= 4 is 0 Å². The molecule has 0 spiro atoms. The highest BCUT2D eigenvalue weighted by Crippen LogP contribution is 2.59. The molecule has 0 unspecified atom stereocenters. The molecule has 3 saturated carbocycles. The maximum Gasteiger partial charge on any atom is 0.167 e. The summed E-state index contributed by atoms with van der Waals surface area (Å²) in [5.74, 6) is 2.65. The quantitative estimate of drug-likeness (QED) is 0.653. The van der Waals surface area contributed by atoms with Gasteiger partial charge < -0.3 is 14.4 Å². The minimum absolute atomic E-state index is 0.161. The summed E-state index contributed by atoms with van der Waals surface area (Å²) in [4.78, 5) is 0. The Kier molecular flexibility index (Phi) is 5.11. The number of phenols is 1. The lowest BCUT2D eigenvalue weighted by atomic mass is 9.52. The van der Waals surface area contributed by atoms with Gasteiger partial charge in [0.15, 0.2) is 5.82 Å². The maximum atomic E-state index is 10.4. The molecule has 2 bridgehead atoms. The van der Waals surface area contributed by atoms with Crippen molar-refractivity contribution in [1.29, 1.82) is 0 Å². The second-order valence-corrected chi connectivity index (χ2v) is 9.03. The third-order valence-electron chi connectivity index (χ3n) is 7.51. The van der Waals surface area contributed by atoms with E-state index in [1.165, 1.54) is 64.2 Å². The van der Waals surface area contributed by atoms with E-state index in [4.69, 9.17) is 4.74 Å². The van der Waals surface area contributed by atoms with Gasteiger partial charge in [0, 0.05) is 18.5 Å². The number of aromatic hydroxyl groups is 1. The molecule has 0 saturated heterocycles. The Morgan fingerprint density at radius 1 is 1.07 bits per heavy atom. The maximum absolute atomic E-state index is 10.4. The zero-order valence-corrected chi connectivity index (χ0v) is 17.5. The molecule has 2 aromatic rings. The first-order valence-corrected chi connectivity index (χ1v) is 10.8. The summed E-state index contributed by atoms with van der Waals surface area (Å²) in [6, 6.07) is 5.35. The van der Waals surface area contributed by atoms with Crippen molar-refractivity contribution < 1.29 is 9.84 Å². The highest BCUT2D eigenvalue weighted by atomic mass is 16.5. The standard InChI is InChI=1S/C23H33N3O2/c1-4-5-6-9-22-10-13-23(14-11-22,15-12-22)21-25-24-20(26(21)2)18-8-7-17(28-3)16-19(18)27/h7-8,16,27H,4-6,9-15H2,1-3H3. The Bertz CT molecular complexity index is 818. The summed E-state index contributed by atoms with van der Waals surface area (Å²) in [5, 5.41) is 19.5. The van der Waals surface area contributed by atoms with E-state index in [9.17, 15) is 5.11 Å². The normalized spacial score (nSPS) is 26.5. The van der Waals surface area contributed by atoms with Crippen LogP contribution in [0.4, 0.5) is 0 Å². The van der Waals surface area contributed by atoms with Gasteiger partial charge in [-0.3, -0.25) is 0 Å². The average Bonchev–Trinajstić information content (AvgIpc) is 3.11. The number of fused-ring (bicyclic) bond motifs is 3. The largest absolute Gasteiger partial charge is 0.507 e. The third-order valence-corrected chi connectivity index (χ3v) is 7.51. The number of rotatable bonds is 7. The van der Waals surface area contributed by atoms with Gasteiger partial charge in [-0.25, -0.2) is 0 Å². The molecule has 3 aliphatic carbocycles. The second kappa shape index (κ2) is 7.41. The van der Waals surface area contributed by atoms with E-state index in [1.807, 2.05) is 19.2 Å². The summed E-state index contributed by atoms with van der Waals surface area (Å²) >= 11 is 0. The Hall–Kier alpha value is -2.04. The molecule has 5 heteroatoms. The number of aromatic nitrogens is 3. The molecule has 152 valence electrons. The van der Waals surface area contributed by atoms with Crippen LogP contribution in [0.2, 0.25) is 0 Å². The van der Waals surface area contributed by atoms with E-state index in [0.29, 0.717) is 16.7 Å². The topological polar surface area (TPSA) is 60.2 Å². The van der Waals surface area contributed by atoms with Gasteiger partial charge in [-0.05, 0) is 62.5 Å². The Morgan fingerprint density at radius 2 is 1.79 bits per heavy atom. The highest BCUT2D eigenvalue weighted by Gasteiger charge is 2.51. The van der Waals surface area contributed by atoms with E-state index >= 15 is 0 Å². The van der Waals surface area contributed by atoms with Crippen molar-refractivity contribution in [2.24, 2.45) is 12.5 Å². The SMILES string of the molecule is CCCCCC12CCC(c3nnc(-c4ccc(OC)cc4O)n3C)(CC1)CC2. The number of methoxy groups -OCH3 is 1. The van der Waals surface area contributed by atoms with Crippen molar-refractivity contribution in [3.05, 3.63) is 24.0 Å². The summed E-state index contributed by atoms with van der Waals surface area (Å²) in [5.41, 5.74) is 1.46. The lowest BCUT2D eigenvalue weighted by Gasteiger charge is -2.53. The molecule has 5 rings (SSSR count). The van der Waals surface area contributed by atoms with Crippen LogP contribution in [0.25, 0.3) is 11.4 Å². The molecule has 1 N–H and O–H groups in total. The number of phenolic OH excluding ortho intramolecular Hbond substituents is 1. The molecule has 0 aliphatic heterocycles. The van der Waals surface area contributed by atoms with Crippen LogP contribution in [-0.2, 0) is 12.5 Å². The molecule has 3 aliphatic rings. The third kappa shape index (κ3) is 3.19. The molecule has 0 amide bonds. The first-order chi connectivity index (χ1) is 13.5. The molecule has 1 aromatic heterocycles. The number of ether oxygens (including phenoxy) is 1. The van der Waals surface area contributed by atoms with E-state index < -0.39 is 0 Å². The van der Waals surface area contributed by atoms with Crippen LogP contribution >= 0.6 is 0 Å². The highest BCUT2D eigenvalue weighted by molar-refractivity contribution is 5.65. The summed E-state index contributed by atoms with van der Waals surface area (Å²) in [6.45, 7) is 2.29. The summed E-state index contributed by atoms with van der Waals surface area (Å²) in [6.07, 6.45) is 13.1. The van der Waals surface area contributed by atoms with Gasteiger partial charge >= 0.3 is 0 Å². The molecular weight excluding hydrogens is 350 g/mol. The monoisotopic (exact) mass is 383 g/mol.